The first-order chi connectivity index (χ1) is 9.33. The lowest BCUT2D eigenvalue weighted by Crippen LogP contribution is -2.48. The zero-order valence-electron chi connectivity index (χ0n) is 11.9. The molecule has 1 heterocycles. The molecule has 1 unspecified atom stereocenters. The molecule has 3 rings (SSSR count). The van der Waals surface area contributed by atoms with Crippen LogP contribution in [0.4, 0.5) is 0 Å². The SMILES string of the molecule is N#CC(CCN1CCN(CC2CC2)CC1)NC1CC1. The fourth-order valence-electron chi connectivity index (χ4n) is 2.89. The first-order valence-electron chi connectivity index (χ1n) is 7.94. The molecule has 3 aliphatic rings. The summed E-state index contributed by atoms with van der Waals surface area (Å²) in [5.74, 6) is 1.01. The van der Waals surface area contributed by atoms with E-state index < -0.39 is 0 Å². The van der Waals surface area contributed by atoms with Crippen molar-refractivity contribution in [1.29, 1.82) is 5.26 Å². The van der Waals surface area contributed by atoms with Crippen molar-refractivity contribution in [3.8, 4) is 6.07 Å². The summed E-state index contributed by atoms with van der Waals surface area (Å²) in [7, 11) is 0. The van der Waals surface area contributed by atoms with Gasteiger partial charge >= 0.3 is 0 Å². The minimum Gasteiger partial charge on any atom is -0.301 e. The zero-order valence-corrected chi connectivity index (χ0v) is 11.9. The van der Waals surface area contributed by atoms with Crippen LogP contribution < -0.4 is 5.32 Å². The third kappa shape index (κ3) is 4.45. The molecule has 3 fully saturated rings. The average Bonchev–Trinajstić information content (AvgIpc) is 3.32. The van der Waals surface area contributed by atoms with Crippen molar-refractivity contribution < 1.29 is 0 Å². The van der Waals surface area contributed by atoms with Gasteiger partial charge in [-0.15, -0.1) is 0 Å². The summed E-state index contributed by atoms with van der Waals surface area (Å²) in [4.78, 5) is 5.15. The van der Waals surface area contributed by atoms with Crippen LogP contribution in [0, 0.1) is 17.2 Å². The number of piperazine rings is 1. The van der Waals surface area contributed by atoms with Crippen LogP contribution in [0.5, 0.6) is 0 Å². The Kier molecular flexibility index (Phi) is 4.37. The van der Waals surface area contributed by atoms with E-state index in [4.69, 9.17) is 5.26 Å². The third-order valence-electron chi connectivity index (χ3n) is 4.58. The molecule has 2 saturated carbocycles. The van der Waals surface area contributed by atoms with Crippen molar-refractivity contribution in [3.05, 3.63) is 0 Å². The molecule has 19 heavy (non-hydrogen) atoms. The van der Waals surface area contributed by atoms with E-state index in [0.29, 0.717) is 6.04 Å². The molecule has 106 valence electrons. The van der Waals surface area contributed by atoms with E-state index in [1.165, 1.54) is 58.4 Å². The van der Waals surface area contributed by atoms with Gasteiger partial charge in [-0.25, -0.2) is 0 Å². The van der Waals surface area contributed by atoms with E-state index in [0.717, 1.165) is 18.9 Å². The summed E-state index contributed by atoms with van der Waals surface area (Å²) in [6.45, 7) is 7.24. The highest BCUT2D eigenvalue weighted by molar-refractivity contribution is 4.96. The van der Waals surface area contributed by atoms with E-state index in [1.807, 2.05) is 0 Å². The van der Waals surface area contributed by atoms with E-state index in [9.17, 15) is 0 Å². The predicted octanol–water partition coefficient (Wildman–Crippen LogP) is 1.05. The van der Waals surface area contributed by atoms with Crippen molar-refractivity contribution >= 4 is 0 Å². The molecule has 0 aromatic rings. The van der Waals surface area contributed by atoms with Gasteiger partial charge in [-0.05, 0) is 38.0 Å². The summed E-state index contributed by atoms with van der Waals surface area (Å²) in [5.41, 5.74) is 0. The number of nitrogens with one attached hydrogen (secondary N) is 1. The summed E-state index contributed by atoms with van der Waals surface area (Å²) < 4.78 is 0. The lowest BCUT2D eigenvalue weighted by atomic mass is 10.2. The first-order valence-corrected chi connectivity index (χ1v) is 7.94. The molecule has 1 atom stereocenters. The number of hydrogen-bond acceptors (Lipinski definition) is 4. The van der Waals surface area contributed by atoms with Gasteiger partial charge in [0.05, 0.1) is 12.1 Å². The van der Waals surface area contributed by atoms with Crippen molar-refractivity contribution in [2.75, 3.05) is 39.3 Å². The maximum atomic E-state index is 9.14. The number of rotatable bonds is 7. The molecule has 2 aliphatic carbocycles. The largest absolute Gasteiger partial charge is 0.301 e. The standard InChI is InChI=1S/C15H26N4/c16-11-15(17-14-3-4-14)5-6-18-7-9-19(10-8-18)12-13-1-2-13/h13-15,17H,1-10,12H2. The van der Waals surface area contributed by atoms with Crippen LogP contribution in [0.25, 0.3) is 0 Å². The molecular formula is C15H26N4. The first kappa shape index (κ1) is 13.4. The Bertz CT molecular complexity index is 322. The summed E-state index contributed by atoms with van der Waals surface area (Å²) in [6.07, 6.45) is 6.42. The molecule has 0 radical (unpaired) electrons. The fraction of sp³-hybridized carbons (Fsp3) is 0.933. The van der Waals surface area contributed by atoms with Gasteiger partial charge in [-0.3, -0.25) is 5.32 Å². The van der Waals surface area contributed by atoms with Gasteiger partial charge in [0, 0.05) is 45.3 Å². The van der Waals surface area contributed by atoms with Gasteiger partial charge in [-0.1, -0.05) is 0 Å². The topological polar surface area (TPSA) is 42.3 Å². The molecule has 0 spiro atoms. The maximum Gasteiger partial charge on any atom is 0.0967 e. The molecular weight excluding hydrogens is 236 g/mol. The van der Waals surface area contributed by atoms with Crippen LogP contribution >= 0.6 is 0 Å². The Morgan fingerprint density at radius 2 is 1.74 bits per heavy atom. The van der Waals surface area contributed by atoms with E-state index in [-0.39, 0.29) is 6.04 Å². The van der Waals surface area contributed by atoms with Crippen molar-refractivity contribution in [3.63, 3.8) is 0 Å². The second-order valence-electron chi connectivity index (χ2n) is 6.50. The quantitative estimate of drug-likeness (QED) is 0.745. The zero-order chi connectivity index (χ0) is 13.1. The number of nitriles is 1. The molecule has 0 aromatic carbocycles. The van der Waals surface area contributed by atoms with Gasteiger partial charge in [0.2, 0.25) is 0 Å². The molecule has 0 amide bonds. The highest BCUT2D eigenvalue weighted by atomic mass is 15.3. The monoisotopic (exact) mass is 262 g/mol. The highest BCUT2D eigenvalue weighted by Crippen LogP contribution is 2.29. The Morgan fingerprint density at radius 1 is 1.05 bits per heavy atom. The number of nitrogens with zero attached hydrogens (tertiary/aromatic N) is 3. The average molecular weight is 262 g/mol. The van der Waals surface area contributed by atoms with Gasteiger partial charge in [0.15, 0.2) is 0 Å². The third-order valence-corrected chi connectivity index (χ3v) is 4.58. The molecule has 1 saturated heterocycles. The van der Waals surface area contributed by atoms with Crippen LogP contribution in [0.2, 0.25) is 0 Å². The van der Waals surface area contributed by atoms with Crippen LogP contribution in [0.15, 0.2) is 0 Å². The molecule has 1 N–H and O–H groups in total. The van der Waals surface area contributed by atoms with Gasteiger partial charge < -0.3 is 9.80 Å². The molecule has 4 heteroatoms. The van der Waals surface area contributed by atoms with Crippen LogP contribution in [0.1, 0.15) is 32.1 Å². The second kappa shape index (κ2) is 6.21. The summed E-state index contributed by atoms with van der Waals surface area (Å²) in [5, 5.41) is 12.6. The van der Waals surface area contributed by atoms with Gasteiger partial charge in [0.25, 0.3) is 0 Å². The second-order valence-corrected chi connectivity index (χ2v) is 6.50. The molecule has 0 bridgehead atoms. The molecule has 0 aromatic heterocycles. The van der Waals surface area contributed by atoms with Crippen molar-refractivity contribution in [2.45, 2.75) is 44.2 Å². The minimum atomic E-state index is 0.0667. The Balaban J connectivity index is 1.31. The van der Waals surface area contributed by atoms with Crippen LogP contribution in [-0.2, 0) is 0 Å². The summed E-state index contributed by atoms with van der Waals surface area (Å²) in [6, 6.07) is 3.11. The highest BCUT2D eigenvalue weighted by Gasteiger charge is 2.27. The number of hydrogen-bond donors (Lipinski definition) is 1. The van der Waals surface area contributed by atoms with Gasteiger partial charge in [-0.2, -0.15) is 5.26 Å². The molecule has 4 nitrogen and oxygen atoms in total. The lowest BCUT2D eigenvalue weighted by molar-refractivity contribution is 0.126. The van der Waals surface area contributed by atoms with Crippen LogP contribution in [-0.4, -0.2) is 61.2 Å². The fourth-order valence-corrected chi connectivity index (χ4v) is 2.89. The van der Waals surface area contributed by atoms with E-state index in [2.05, 4.69) is 21.2 Å². The van der Waals surface area contributed by atoms with E-state index in [1.54, 1.807) is 0 Å². The smallest absolute Gasteiger partial charge is 0.0967 e. The summed E-state index contributed by atoms with van der Waals surface area (Å²) >= 11 is 0. The normalized spacial score (nSPS) is 27.1. The predicted molar refractivity (Wildman–Crippen MR) is 75.8 cm³/mol. The van der Waals surface area contributed by atoms with Crippen LogP contribution in [0.3, 0.4) is 0 Å². The van der Waals surface area contributed by atoms with Gasteiger partial charge in [0.1, 0.15) is 0 Å². The van der Waals surface area contributed by atoms with E-state index >= 15 is 0 Å². The Morgan fingerprint density at radius 3 is 2.32 bits per heavy atom. The lowest BCUT2D eigenvalue weighted by Gasteiger charge is -2.35. The maximum absolute atomic E-state index is 9.14. The van der Waals surface area contributed by atoms with Crippen molar-refractivity contribution in [1.82, 2.24) is 15.1 Å². The van der Waals surface area contributed by atoms with Crippen molar-refractivity contribution in [2.24, 2.45) is 5.92 Å². The Labute approximate surface area is 116 Å². The minimum absolute atomic E-state index is 0.0667. The molecule has 1 aliphatic heterocycles. The Hall–Kier alpha value is -0.630.